The van der Waals surface area contributed by atoms with Crippen molar-refractivity contribution < 1.29 is 36.6 Å². The summed E-state index contributed by atoms with van der Waals surface area (Å²) in [5, 5.41) is 19.9. The molecule has 1 aromatic carbocycles. The summed E-state index contributed by atoms with van der Waals surface area (Å²) in [6.07, 6.45) is 8.04. The number of carboxylic acid groups (broad SMARTS) is 2. The van der Waals surface area contributed by atoms with E-state index in [0.29, 0.717) is 11.8 Å². The van der Waals surface area contributed by atoms with Crippen LogP contribution in [0, 0.1) is 11.8 Å². The number of unbranched alkanes of at least 4 members (excludes halogenated alkanes) is 2. The second kappa shape index (κ2) is 22.7. The molecule has 1 radical (unpaired) electrons. The first-order valence-electron chi connectivity index (χ1n) is 10.3. The number of carboxylic acids is 2. The van der Waals surface area contributed by atoms with Gasteiger partial charge in [0.05, 0.1) is 0 Å². The van der Waals surface area contributed by atoms with Gasteiger partial charge in [0.1, 0.15) is 0 Å². The van der Waals surface area contributed by atoms with E-state index in [1.807, 2.05) is 36.4 Å². The Hall–Kier alpha value is -1.59. The molecule has 0 bridgehead atoms. The topological polar surface area (TPSA) is 80.3 Å². The van der Waals surface area contributed by atoms with Crippen LogP contribution in [-0.4, -0.2) is 11.9 Å². The molecule has 0 saturated carbocycles. The summed E-state index contributed by atoms with van der Waals surface area (Å²) < 4.78 is 0. The minimum atomic E-state index is -0.927. The molecule has 0 amide bonds. The zero-order valence-electron chi connectivity index (χ0n) is 18.4. The van der Waals surface area contributed by atoms with Crippen molar-refractivity contribution in [3.63, 3.8) is 0 Å². The molecule has 4 nitrogen and oxygen atoms in total. The van der Waals surface area contributed by atoms with Crippen molar-refractivity contribution in [1.82, 2.24) is 0 Å². The predicted molar refractivity (Wildman–Crippen MR) is 113 cm³/mol. The van der Waals surface area contributed by atoms with Crippen LogP contribution in [0.3, 0.4) is 0 Å². The van der Waals surface area contributed by atoms with Gasteiger partial charge in [-0.3, -0.25) is 0 Å². The summed E-state index contributed by atoms with van der Waals surface area (Å²) in [7, 11) is 0. The van der Waals surface area contributed by atoms with Gasteiger partial charge < -0.3 is 19.8 Å². The first-order valence-corrected chi connectivity index (χ1v) is 10.3. The number of aliphatic carboxylic acids is 2. The normalized spacial score (nSPS) is 9.45. The van der Waals surface area contributed by atoms with Crippen LogP contribution in [0.2, 0.25) is 0 Å². The number of benzene rings is 1. The van der Waals surface area contributed by atoms with Crippen molar-refractivity contribution in [2.75, 3.05) is 0 Å². The summed E-state index contributed by atoms with van der Waals surface area (Å²) in [4.78, 5) is 19.9. The number of hydrogen-bond acceptors (Lipinski definition) is 4. The number of rotatable bonds is 11. The molecule has 0 aliphatic carbocycles. The van der Waals surface area contributed by atoms with Crippen LogP contribution in [0.4, 0.5) is 0 Å². The number of hydrogen-bond donors (Lipinski definition) is 0. The number of carbonyl (C=O) groups excluding carboxylic acids is 2. The minimum Gasteiger partial charge on any atom is -0.550 e. The van der Waals surface area contributed by atoms with E-state index in [0.717, 1.165) is 38.5 Å². The predicted octanol–water partition coefficient (Wildman–Crippen LogP) is 4.23. The average Bonchev–Trinajstić information content (AvgIpc) is 2.63. The third-order valence-electron chi connectivity index (χ3n) is 3.86. The Kier molecular flexibility index (Phi) is 25.1. The van der Waals surface area contributed by atoms with E-state index in [-0.39, 0.29) is 29.6 Å². The maximum absolute atomic E-state index is 9.93. The van der Waals surface area contributed by atoms with E-state index in [9.17, 15) is 19.8 Å². The quantitative estimate of drug-likeness (QED) is 0.474. The van der Waals surface area contributed by atoms with Gasteiger partial charge in [-0.05, 0) is 43.1 Å². The molecule has 1 rings (SSSR count). The van der Waals surface area contributed by atoms with Crippen molar-refractivity contribution in [1.29, 1.82) is 0 Å². The third-order valence-corrected chi connectivity index (χ3v) is 3.86. The van der Waals surface area contributed by atoms with E-state index in [1.165, 1.54) is 5.56 Å². The average molecular weight is 449 g/mol. The Bertz CT molecular complexity index is 487. The Labute approximate surface area is 188 Å². The monoisotopic (exact) mass is 449 g/mol. The Balaban J connectivity index is -0.000000345. The molecular formula is C24H38CoO4. The van der Waals surface area contributed by atoms with Gasteiger partial charge in [0.15, 0.2) is 0 Å². The smallest absolute Gasteiger partial charge is 0.550 e. The maximum atomic E-state index is 9.93. The van der Waals surface area contributed by atoms with E-state index >= 15 is 0 Å². The van der Waals surface area contributed by atoms with Crippen LogP contribution in [0.1, 0.15) is 84.6 Å². The first-order chi connectivity index (χ1) is 13.2. The molecule has 29 heavy (non-hydrogen) atoms. The van der Waals surface area contributed by atoms with Gasteiger partial charge in [-0.25, -0.2) is 0 Å². The van der Waals surface area contributed by atoms with E-state index < -0.39 is 11.9 Å². The summed E-state index contributed by atoms with van der Waals surface area (Å²) in [5.74, 6) is -0.490. The molecule has 0 heterocycles. The molecule has 0 saturated heterocycles. The molecule has 0 fully saturated rings. The van der Waals surface area contributed by atoms with Crippen LogP contribution in [0.15, 0.2) is 36.9 Å². The fourth-order valence-electron chi connectivity index (χ4n) is 2.23. The Morgan fingerprint density at radius 2 is 1.21 bits per heavy atom. The third kappa shape index (κ3) is 31.3. The van der Waals surface area contributed by atoms with Gasteiger partial charge in [-0.15, -0.1) is 0 Å². The largest absolute Gasteiger partial charge is 2.00 e. The van der Waals surface area contributed by atoms with Gasteiger partial charge in [-0.1, -0.05) is 96.4 Å². The van der Waals surface area contributed by atoms with Crippen LogP contribution in [0.25, 0.3) is 6.08 Å². The fraction of sp³-hybridized carbons (Fsp3) is 0.583. The van der Waals surface area contributed by atoms with Crippen molar-refractivity contribution in [3.05, 3.63) is 42.5 Å². The van der Waals surface area contributed by atoms with Crippen molar-refractivity contribution in [3.8, 4) is 0 Å². The summed E-state index contributed by atoms with van der Waals surface area (Å²) >= 11 is 0. The summed E-state index contributed by atoms with van der Waals surface area (Å²) in [6, 6.07) is 10.0. The molecule has 5 heteroatoms. The molecule has 0 N–H and O–H groups in total. The molecule has 0 atom stereocenters. The van der Waals surface area contributed by atoms with Crippen molar-refractivity contribution in [2.45, 2.75) is 79.1 Å². The molecule has 167 valence electrons. The standard InChI is InChI=1S/2C8H16O2.C8H8.Co/c2*1-7(2)5-3-4-6-8(9)10;1-2-8-6-4-3-5-7-8;/h2*7H,3-6H2,1-2H3,(H,9,10);2-7H,1H2;/q;;;+2/p-2. The summed E-state index contributed by atoms with van der Waals surface area (Å²) in [6.45, 7) is 12.2. The zero-order chi connectivity index (χ0) is 21.8. The van der Waals surface area contributed by atoms with Gasteiger partial charge in [0, 0.05) is 11.9 Å². The van der Waals surface area contributed by atoms with Crippen LogP contribution < -0.4 is 10.2 Å². The maximum Gasteiger partial charge on any atom is 2.00 e. The molecular weight excluding hydrogens is 411 g/mol. The Morgan fingerprint density at radius 1 is 0.828 bits per heavy atom. The molecule has 0 aliphatic heterocycles. The number of carbonyl (C=O) groups is 2. The van der Waals surface area contributed by atoms with E-state index in [1.54, 1.807) is 0 Å². The van der Waals surface area contributed by atoms with Gasteiger partial charge >= 0.3 is 16.8 Å². The van der Waals surface area contributed by atoms with Crippen molar-refractivity contribution in [2.24, 2.45) is 11.8 Å². The molecule has 0 aromatic heterocycles. The fourth-order valence-corrected chi connectivity index (χ4v) is 2.23. The Morgan fingerprint density at radius 3 is 1.45 bits per heavy atom. The van der Waals surface area contributed by atoms with Gasteiger partial charge in [-0.2, -0.15) is 0 Å². The summed E-state index contributed by atoms with van der Waals surface area (Å²) in [5.41, 5.74) is 1.17. The van der Waals surface area contributed by atoms with Gasteiger partial charge in [0.25, 0.3) is 0 Å². The van der Waals surface area contributed by atoms with Crippen LogP contribution >= 0.6 is 0 Å². The second-order valence-electron chi connectivity index (χ2n) is 7.64. The first kappa shape index (κ1) is 32.1. The van der Waals surface area contributed by atoms with Gasteiger partial charge in [0.2, 0.25) is 0 Å². The zero-order valence-corrected chi connectivity index (χ0v) is 19.5. The molecule has 0 unspecified atom stereocenters. The van der Waals surface area contributed by atoms with Crippen molar-refractivity contribution >= 4 is 18.0 Å². The van der Waals surface area contributed by atoms with E-state index in [4.69, 9.17) is 0 Å². The second-order valence-corrected chi connectivity index (χ2v) is 7.64. The molecule has 0 aliphatic rings. The molecule has 1 aromatic rings. The van der Waals surface area contributed by atoms with E-state index in [2.05, 4.69) is 34.3 Å². The SMILES string of the molecule is C=Cc1ccccc1.CC(C)CCCCC(=O)[O-].CC(C)CCCCC(=O)[O-].[Co+2]. The van der Waals surface area contributed by atoms with Crippen LogP contribution in [-0.2, 0) is 26.4 Å². The minimum absolute atomic E-state index is 0. The van der Waals surface area contributed by atoms with Crippen LogP contribution in [0.5, 0.6) is 0 Å². The molecule has 0 spiro atoms.